The Balaban J connectivity index is 1.92. The zero-order valence-electron chi connectivity index (χ0n) is 10.3. The number of nitrogens with zero attached hydrogens (tertiary/aromatic N) is 1. The monoisotopic (exact) mass is 232 g/mol. The van der Waals surface area contributed by atoms with E-state index in [9.17, 15) is 0 Å². The van der Waals surface area contributed by atoms with Crippen LogP contribution in [0.25, 0.3) is 0 Å². The SMILES string of the molecule is CC1COc2ccccc2C1N1CCC(N)C1. The Labute approximate surface area is 103 Å². The second-order valence-electron chi connectivity index (χ2n) is 5.31. The highest BCUT2D eigenvalue weighted by Crippen LogP contribution is 2.40. The van der Waals surface area contributed by atoms with E-state index < -0.39 is 0 Å². The maximum atomic E-state index is 6.02. The minimum absolute atomic E-state index is 0.345. The number of hydrogen-bond donors (Lipinski definition) is 1. The predicted octanol–water partition coefficient (Wildman–Crippen LogP) is 1.79. The summed E-state index contributed by atoms with van der Waals surface area (Å²) in [6.07, 6.45) is 1.12. The van der Waals surface area contributed by atoms with Crippen molar-refractivity contribution in [3.8, 4) is 5.75 Å². The van der Waals surface area contributed by atoms with E-state index in [1.165, 1.54) is 5.56 Å². The first kappa shape index (κ1) is 11.1. The fourth-order valence-electron chi connectivity index (χ4n) is 3.10. The fourth-order valence-corrected chi connectivity index (χ4v) is 3.10. The van der Waals surface area contributed by atoms with Gasteiger partial charge in [0.1, 0.15) is 5.75 Å². The van der Waals surface area contributed by atoms with Crippen molar-refractivity contribution in [3.63, 3.8) is 0 Å². The molecule has 0 saturated carbocycles. The molecule has 17 heavy (non-hydrogen) atoms. The van der Waals surface area contributed by atoms with Crippen molar-refractivity contribution >= 4 is 0 Å². The molecule has 2 aliphatic rings. The molecule has 0 spiro atoms. The number of nitrogens with two attached hydrogens (primary N) is 1. The van der Waals surface area contributed by atoms with E-state index in [1.54, 1.807) is 0 Å². The van der Waals surface area contributed by atoms with Gasteiger partial charge >= 0.3 is 0 Å². The third-order valence-corrected chi connectivity index (χ3v) is 3.93. The van der Waals surface area contributed by atoms with Gasteiger partial charge in [-0.2, -0.15) is 0 Å². The maximum absolute atomic E-state index is 6.02. The van der Waals surface area contributed by atoms with Crippen molar-refractivity contribution in [1.82, 2.24) is 4.90 Å². The van der Waals surface area contributed by atoms with Crippen LogP contribution in [0.4, 0.5) is 0 Å². The van der Waals surface area contributed by atoms with Gasteiger partial charge in [0.2, 0.25) is 0 Å². The molecule has 0 aromatic heterocycles. The van der Waals surface area contributed by atoms with Crippen LogP contribution in [-0.4, -0.2) is 30.6 Å². The summed E-state index contributed by atoms with van der Waals surface area (Å²) in [5.41, 5.74) is 7.36. The molecule has 1 saturated heterocycles. The standard InChI is InChI=1S/C14H20N2O/c1-10-9-17-13-5-3-2-4-12(13)14(10)16-7-6-11(15)8-16/h2-5,10-11,14H,6-9,15H2,1H3. The van der Waals surface area contributed by atoms with Crippen molar-refractivity contribution in [3.05, 3.63) is 29.8 Å². The van der Waals surface area contributed by atoms with Crippen LogP contribution in [0.5, 0.6) is 5.75 Å². The highest BCUT2D eigenvalue weighted by molar-refractivity contribution is 5.38. The van der Waals surface area contributed by atoms with Crippen LogP contribution < -0.4 is 10.5 Å². The third kappa shape index (κ3) is 1.94. The first-order valence-electron chi connectivity index (χ1n) is 6.47. The van der Waals surface area contributed by atoms with E-state index in [2.05, 4.69) is 30.0 Å². The zero-order chi connectivity index (χ0) is 11.8. The van der Waals surface area contributed by atoms with Crippen LogP contribution in [0, 0.1) is 5.92 Å². The minimum Gasteiger partial charge on any atom is -0.493 e. The molecule has 0 amide bonds. The normalized spacial score (nSPS) is 33.2. The molecule has 0 bridgehead atoms. The van der Waals surface area contributed by atoms with Crippen molar-refractivity contribution in [2.75, 3.05) is 19.7 Å². The largest absolute Gasteiger partial charge is 0.493 e. The summed E-state index contributed by atoms with van der Waals surface area (Å²) in [4.78, 5) is 2.52. The summed E-state index contributed by atoms with van der Waals surface area (Å²) in [7, 11) is 0. The molecule has 0 aliphatic carbocycles. The van der Waals surface area contributed by atoms with Crippen LogP contribution in [0.2, 0.25) is 0 Å². The van der Waals surface area contributed by atoms with Crippen molar-refractivity contribution in [1.29, 1.82) is 0 Å². The second kappa shape index (κ2) is 4.31. The summed E-state index contributed by atoms with van der Waals surface area (Å²) < 4.78 is 5.79. The van der Waals surface area contributed by atoms with Gasteiger partial charge in [-0.05, 0) is 12.5 Å². The maximum Gasteiger partial charge on any atom is 0.124 e. The lowest BCUT2D eigenvalue weighted by atomic mass is 9.91. The molecule has 1 aromatic carbocycles. The van der Waals surface area contributed by atoms with E-state index in [1.807, 2.05) is 6.07 Å². The minimum atomic E-state index is 0.345. The summed E-state index contributed by atoms with van der Waals surface area (Å²) >= 11 is 0. The lowest BCUT2D eigenvalue weighted by Crippen LogP contribution is -2.37. The predicted molar refractivity (Wildman–Crippen MR) is 68.0 cm³/mol. The molecule has 3 nitrogen and oxygen atoms in total. The van der Waals surface area contributed by atoms with Gasteiger partial charge in [0.05, 0.1) is 6.61 Å². The second-order valence-corrected chi connectivity index (χ2v) is 5.31. The Hall–Kier alpha value is -1.06. The lowest BCUT2D eigenvalue weighted by molar-refractivity contribution is 0.108. The Bertz CT molecular complexity index is 407. The number of rotatable bonds is 1. The van der Waals surface area contributed by atoms with E-state index in [-0.39, 0.29) is 0 Å². The van der Waals surface area contributed by atoms with E-state index in [0.717, 1.165) is 31.9 Å². The molecule has 3 atom stereocenters. The highest BCUT2D eigenvalue weighted by atomic mass is 16.5. The Kier molecular flexibility index (Phi) is 2.81. The van der Waals surface area contributed by atoms with E-state index >= 15 is 0 Å². The summed E-state index contributed by atoms with van der Waals surface area (Å²) in [5, 5.41) is 0. The topological polar surface area (TPSA) is 38.5 Å². The van der Waals surface area contributed by atoms with E-state index in [0.29, 0.717) is 18.0 Å². The number of likely N-dealkylation sites (tertiary alicyclic amines) is 1. The highest BCUT2D eigenvalue weighted by Gasteiger charge is 2.35. The van der Waals surface area contributed by atoms with Crippen LogP contribution >= 0.6 is 0 Å². The van der Waals surface area contributed by atoms with Gasteiger partial charge in [0, 0.05) is 36.7 Å². The van der Waals surface area contributed by atoms with Gasteiger partial charge in [0.15, 0.2) is 0 Å². The quantitative estimate of drug-likeness (QED) is 0.802. The zero-order valence-corrected chi connectivity index (χ0v) is 10.3. The van der Waals surface area contributed by atoms with Gasteiger partial charge in [-0.25, -0.2) is 0 Å². The first-order valence-corrected chi connectivity index (χ1v) is 6.47. The van der Waals surface area contributed by atoms with Crippen molar-refractivity contribution < 1.29 is 4.74 Å². The Morgan fingerprint density at radius 3 is 2.94 bits per heavy atom. The van der Waals surface area contributed by atoms with Gasteiger partial charge in [0.25, 0.3) is 0 Å². The van der Waals surface area contributed by atoms with Crippen LogP contribution in [-0.2, 0) is 0 Å². The summed E-state index contributed by atoms with van der Waals surface area (Å²) in [5.74, 6) is 1.59. The molecule has 1 aromatic rings. The molecular formula is C14H20N2O. The molecule has 3 unspecified atom stereocenters. The Morgan fingerprint density at radius 1 is 1.35 bits per heavy atom. The van der Waals surface area contributed by atoms with Gasteiger partial charge in [-0.3, -0.25) is 4.90 Å². The van der Waals surface area contributed by atoms with Gasteiger partial charge in [-0.1, -0.05) is 25.1 Å². The molecule has 2 aliphatic heterocycles. The van der Waals surface area contributed by atoms with Crippen molar-refractivity contribution in [2.24, 2.45) is 11.7 Å². The van der Waals surface area contributed by atoms with Gasteiger partial charge in [-0.15, -0.1) is 0 Å². The summed E-state index contributed by atoms with van der Waals surface area (Å²) in [6, 6.07) is 9.24. The molecule has 2 N–H and O–H groups in total. The van der Waals surface area contributed by atoms with Crippen LogP contribution in [0.3, 0.4) is 0 Å². The molecule has 1 fully saturated rings. The average molecular weight is 232 g/mol. The number of hydrogen-bond acceptors (Lipinski definition) is 3. The first-order chi connectivity index (χ1) is 8.25. The number of benzene rings is 1. The van der Waals surface area contributed by atoms with Crippen LogP contribution in [0.1, 0.15) is 24.9 Å². The number of para-hydroxylation sites is 1. The smallest absolute Gasteiger partial charge is 0.124 e. The molecule has 92 valence electrons. The fraction of sp³-hybridized carbons (Fsp3) is 0.571. The lowest BCUT2D eigenvalue weighted by Gasteiger charge is -2.37. The summed E-state index contributed by atoms with van der Waals surface area (Å²) in [6.45, 7) is 5.21. The average Bonchev–Trinajstić information content (AvgIpc) is 2.75. The van der Waals surface area contributed by atoms with Gasteiger partial charge < -0.3 is 10.5 Å². The molecule has 3 heteroatoms. The number of fused-ring (bicyclic) bond motifs is 1. The third-order valence-electron chi connectivity index (χ3n) is 3.93. The molecule has 0 radical (unpaired) electrons. The molecule has 2 heterocycles. The number of ether oxygens (including phenoxy) is 1. The molecule has 3 rings (SSSR count). The van der Waals surface area contributed by atoms with E-state index in [4.69, 9.17) is 10.5 Å². The van der Waals surface area contributed by atoms with Crippen LogP contribution in [0.15, 0.2) is 24.3 Å². The van der Waals surface area contributed by atoms with Crippen molar-refractivity contribution in [2.45, 2.75) is 25.4 Å². The Morgan fingerprint density at radius 2 is 2.18 bits per heavy atom. The molecular weight excluding hydrogens is 212 g/mol.